The largest absolute Gasteiger partial charge is 0.454 e. The molecule has 0 bridgehead atoms. The molecule has 31 heavy (non-hydrogen) atoms. The molecule has 1 aromatic carbocycles. The molecule has 172 valence electrons. The Balaban J connectivity index is 0.000000208. The fourth-order valence-corrected chi connectivity index (χ4v) is 7.37. The lowest BCUT2D eigenvalue weighted by atomic mass is 10.1. The van der Waals surface area contributed by atoms with Crippen molar-refractivity contribution in [3.63, 3.8) is 0 Å². The van der Waals surface area contributed by atoms with Crippen LogP contribution >= 0.6 is 11.8 Å². The molecule has 5 nitrogen and oxygen atoms in total. The van der Waals surface area contributed by atoms with Gasteiger partial charge in [-0.1, -0.05) is 52.0 Å². The lowest BCUT2D eigenvalue weighted by molar-refractivity contribution is -0.141. The summed E-state index contributed by atoms with van der Waals surface area (Å²) in [5.41, 5.74) is 1.17. The number of ether oxygens (including phenoxy) is 2. The summed E-state index contributed by atoms with van der Waals surface area (Å²) >= 11 is 2.00. The summed E-state index contributed by atoms with van der Waals surface area (Å²) in [5, 5.41) is 1.62. The van der Waals surface area contributed by atoms with E-state index in [9.17, 15) is 9.00 Å². The quantitative estimate of drug-likeness (QED) is 0.364. The standard InChI is InChI=1S/C18H28O3S.C6H7NOS/c1-3-4-5-6-7-8-11-22(19)15(2)12-16-9-10-17-18(13-16)21-14-20-17;8-5-2-6-7(5)3-1-4(3)9-6/h9-10,13,15H,3-8,11-12,14H2,1-2H3;3-4,6H,1-2H2/t;3?,4?,6-/m.1/s1. The van der Waals surface area contributed by atoms with E-state index in [4.69, 9.17) is 9.47 Å². The molecule has 1 aliphatic carbocycles. The predicted octanol–water partition coefficient (Wildman–Crippen LogP) is 4.89. The van der Waals surface area contributed by atoms with Crippen LogP contribution in [0.5, 0.6) is 11.5 Å². The van der Waals surface area contributed by atoms with Crippen LogP contribution in [0.4, 0.5) is 0 Å². The van der Waals surface area contributed by atoms with E-state index in [0.29, 0.717) is 24.1 Å². The molecule has 0 spiro atoms. The second kappa shape index (κ2) is 10.6. The Morgan fingerprint density at radius 1 is 1.16 bits per heavy atom. The number of unbranched alkanes of at least 4 members (excludes halogenated alkanes) is 5. The summed E-state index contributed by atoms with van der Waals surface area (Å²) in [6, 6.07) is 6.68. The Morgan fingerprint density at radius 3 is 2.68 bits per heavy atom. The minimum absolute atomic E-state index is 0.191. The normalized spacial score (nSPS) is 26.3. The zero-order valence-corrected chi connectivity index (χ0v) is 20.3. The molecule has 0 radical (unpaired) electrons. The first-order valence-corrected chi connectivity index (χ1v) is 14.1. The molecule has 0 N–H and O–H groups in total. The number of hydrogen-bond acceptors (Lipinski definition) is 5. The maximum Gasteiger partial charge on any atom is 0.231 e. The van der Waals surface area contributed by atoms with Crippen LogP contribution in [0.15, 0.2) is 18.2 Å². The minimum atomic E-state index is -0.743. The average Bonchev–Trinajstić information content (AvgIpc) is 3.20. The highest BCUT2D eigenvalue weighted by Crippen LogP contribution is 2.55. The van der Waals surface area contributed by atoms with Gasteiger partial charge in [0.05, 0.1) is 11.8 Å². The van der Waals surface area contributed by atoms with Gasteiger partial charge in [0.15, 0.2) is 11.5 Å². The molecule has 3 aliphatic heterocycles. The predicted molar refractivity (Wildman–Crippen MR) is 127 cm³/mol. The first-order valence-electron chi connectivity index (χ1n) is 11.8. The zero-order valence-electron chi connectivity index (χ0n) is 18.7. The molecule has 1 amide bonds. The number of β-lactam (4-membered cyclic amide) rings is 1. The van der Waals surface area contributed by atoms with Gasteiger partial charge in [0, 0.05) is 33.1 Å². The molecule has 5 rings (SSSR count). The number of benzene rings is 1. The van der Waals surface area contributed by atoms with Gasteiger partial charge in [-0.3, -0.25) is 9.00 Å². The summed E-state index contributed by atoms with van der Waals surface area (Å²) in [4.78, 5) is 12.9. The van der Waals surface area contributed by atoms with Gasteiger partial charge in [-0.15, -0.1) is 11.8 Å². The SMILES string of the molecule is CCCCCCCCS(=O)C(C)Cc1ccc2c(c1)OCO2.O=C1C[C@H]2SC3CC3N12. The monoisotopic (exact) mass is 465 g/mol. The number of carbonyl (C=O) groups excluding carboxylic acids is 1. The molecule has 3 fully saturated rings. The van der Waals surface area contributed by atoms with E-state index >= 15 is 0 Å². The molecule has 1 saturated carbocycles. The minimum Gasteiger partial charge on any atom is -0.454 e. The molecule has 3 heterocycles. The lowest BCUT2D eigenvalue weighted by Crippen LogP contribution is -2.49. The van der Waals surface area contributed by atoms with Crippen molar-refractivity contribution >= 4 is 28.5 Å². The van der Waals surface area contributed by atoms with Crippen LogP contribution in [-0.4, -0.2) is 49.5 Å². The highest BCUT2D eigenvalue weighted by atomic mass is 32.2. The van der Waals surface area contributed by atoms with Crippen molar-refractivity contribution in [1.29, 1.82) is 0 Å². The summed E-state index contributed by atoms with van der Waals surface area (Å²) < 4.78 is 23.0. The lowest BCUT2D eigenvalue weighted by Gasteiger charge is -2.35. The van der Waals surface area contributed by atoms with Crippen molar-refractivity contribution in [2.75, 3.05) is 12.5 Å². The van der Waals surface area contributed by atoms with Crippen molar-refractivity contribution in [3.8, 4) is 11.5 Å². The van der Waals surface area contributed by atoms with Gasteiger partial charge in [-0.25, -0.2) is 0 Å². The highest BCUT2D eigenvalue weighted by Gasteiger charge is 2.59. The fraction of sp³-hybridized carbons (Fsp3) is 0.708. The Labute approximate surface area is 193 Å². The van der Waals surface area contributed by atoms with E-state index in [1.165, 1.54) is 44.1 Å². The maximum atomic E-state index is 12.3. The number of thioether (sulfide) groups is 1. The number of nitrogens with zero attached hydrogens (tertiary/aromatic N) is 1. The molecule has 2 saturated heterocycles. The second-order valence-corrected chi connectivity index (χ2v) is 12.4. The van der Waals surface area contributed by atoms with E-state index in [1.807, 2.05) is 30.0 Å². The van der Waals surface area contributed by atoms with Gasteiger partial charge in [0.2, 0.25) is 12.7 Å². The van der Waals surface area contributed by atoms with Crippen LogP contribution < -0.4 is 9.47 Å². The third kappa shape index (κ3) is 5.78. The molecular weight excluding hydrogens is 430 g/mol. The molecule has 4 unspecified atom stereocenters. The fourth-order valence-electron chi connectivity index (χ4n) is 4.43. The Bertz CT molecular complexity index is 800. The van der Waals surface area contributed by atoms with E-state index in [2.05, 4.69) is 18.7 Å². The van der Waals surface area contributed by atoms with Crippen LogP contribution in [0.2, 0.25) is 0 Å². The summed E-state index contributed by atoms with van der Waals surface area (Å²) in [6.45, 7) is 4.61. The van der Waals surface area contributed by atoms with Crippen molar-refractivity contribution in [1.82, 2.24) is 4.90 Å². The van der Waals surface area contributed by atoms with E-state index in [-0.39, 0.29) is 5.25 Å². The van der Waals surface area contributed by atoms with E-state index in [1.54, 1.807) is 0 Å². The maximum absolute atomic E-state index is 12.3. The molecule has 0 aromatic heterocycles. The molecule has 5 atom stereocenters. The van der Waals surface area contributed by atoms with Crippen molar-refractivity contribution in [2.45, 2.75) is 93.6 Å². The number of hydrogen-bond donors (Lipinski definition) is 0. The van der Waals surface area contributed by atoms with Crippen molar-refractivity contribution < 1.29 is 18.5 Å². The average molecular weight is 466 g/mol. The van der Waals surface area contributed by atoms with Crippen LogP contribution in [0.25, 0.3) is 0 Å². The smallest absolute Gasteiger partial charge is 0.231 e. The topological polar surface area (TPSA) is 55.8 Å². The van der Waals surface area contributed by atoms with Crippen molar-refractivity contribution in [2.24, 2.45) is 0 Å². The number of fused-ring (bicyclic) bond motifs is 4. The number of carbonyl (C=O) groups is 1. The zero-order chi connectivity index (χ0) is 21.8. The molecule has 1 aromatic rings. The van der Waals surface area contributed by atoms with Gasteiger partial charge in [0.25, 0.3) is 0 Å². The van der Waals surface area contributed by atoms with Crippen molar-refractivity contribution in [3.05, 3.63) is 23.8 Å². The van der Waals surface area contributed by atoms with E-state index in [0.717, 1.165) is 41.8 Å². The van der Waals surface area contributed by atoms with Gasteiger partial charge >= 0.3 is 0 Å². The molecule has 7 heteroatoms. The third-order valence-electron chi connectivity index (χ3n) is 6.44. The molecular formula is C24H35NO4S2. The third-order valence-corrected chi connectivity index (χ3v) is 9.76. The molecule has 4 aliphatic rings. The summed E-state index contributed by atoms with van der Waals surface area (Å²) in [7, 11) is -0.743. The second-order valence-electron chi connectivity index (χ2n) is 8.99. The van der Waals surface area contributed by atoms with E-state index < -0.39 is 10.8 Å². The Hall–Kier alpha value is -1.21. The first-order chi connectivity index (χ1) is 15.1. The Kier molecular flexibility index (Phi) is 7.86. The number of amides is 1. The number of rotatable bonds is 10. The van der Waals surface area contributed by atoms with Gasteiger partial charge in [-0.2, -0.15) is 0 Å². The highest BCUT2D eigenvalue weighted by molar-refractivity contribution is 8.01. The van der Waals surface area contributed by atoms with Crippen LogP contribution in [0.1, 0.15) is 70.8 Å². The van der Waals surface area contributed by atoms with Crippen LogP contribution in [0, 0.1) is 0 Å². The van der Waals surface area contributed by atoms with Crippen LogP contribution in [-0.2, 0) is 22.0 Å². The van der Waals surface area contributed by atoms with Gasteiger partial charge in [-0.05, 0) is 37.0 Å². The van der Waals surface area contributed by atoms with Gasteiger partial charge < -0.3 is 14.4 Å². The first kappa shape index (κ1) is 23.0. The van der Waals surface area contributed by atoms with Crippen LogP contribution in [0.3, 0.4) is 0 Å². The summed E-state index contributed by atoms with van der Waals surface area (Å²) in [5.74, 6) is 2.84. The summed E-state index contributed by atoms with van der Waals surface area (Å²) in [6.07, 6.45) is 10.4. The Morgan fingerprint density at radius 2 is 1.94 bits per heavy atom. The van der Waals surface area contributed by atoms with Gasteiger partial charge in [0.1, 0.15) is 0 Å².